The lowest BCUT2D eigenvalue weighted by Crippen LogP contribution is -2.07. The zero-order chi connectivity index (χ0) is 28.3. The fourth-order valence-corrected chi connectivity index (χ4v) is 6.24. The van der Waals surface area contributed by atoms with Crippen LogP contribution in [0.25, 0.3) is 50.0 Å². The van der Waals surface area contributed by atoms with Gasteiger partial charge in [0.2, 0.25) is 5.95 Å². The van der Waals surface area contributed by atoms with Gasteiger partial charge in [0, 0.05) is 50.1 Å². The predicted octanol–water partition coefficient (Wildman–Crippen LogP) is 3.87. The van der Waals surface area contributed by atoms with E-state index < -0.39 is 0 Å². The molecule has 0 radical (unpaired) electrons. The Balaban J connectivity index is 1.06. The summed E-state index contributed by atoms with van der Waals surface area (Å²) in [5.41, 5.74) is 29.5. The quantitative estimate of drug-likeness (QED) is 0.301. The molecule has 0 fully saturated rings. The van der Waals surface area contributed by atoms with E-state index in [0.717, 1.165) is 61.2 Å². The van der Waals surface area contributed by atoms with Gasteiger partial charge in [-0.15, -0.1) is 0 Å². The van der Waals surface area contributed by atoms with Gasteiger partial charge in [0.05, 0.1) is 12.1 Å². The van der Waals surface area contributed by atoms with Crippen LogP contribution in [0.3, 0.4) is 0 Å². The van der Waals surface area contributed by atoms with Gasteiger partial charge < -0.3 is 30.7 Å². The van der Waals surface area contributed by atoms with Crippen molar-refractivity contribution in [3.63, 3.8) is 0 Å². The lowest BCUT2D eigenvalue weighted by Gasteiger charge is -2.09. The average Bonchev–Trinajstić information content (AvgIpc) is 3.79. The molecular weight excluding hydrogens is 528 g/mol. The summed E-state index contributed by atoms with van der Waals surface area (Å²) < 4.78 is 12.2. The number of anilines is 3. The van der Waals surface area contributed by atoms with Gasteiger partial charge in [-0.05, 0) is 53.6 Å². The van der Waals surface area contributed by atoms with Crippen LogP contribution in [-0.2, 0) is 20.1 Å². The number of nitrogen functional groups attached to an aromatic ring is 3. The van der Waals surface area contributed by atoms with E-state index >= 15 is 0 Å². The first-order chi connectivity index (χ1) is 20.4. The molecule has 0 aliphatic rings. The fourth-order valence-electron chi connectivity index (χ4n) is 6.24. The zero-order valence-electron chi connectivity index (χ0n) is 22.7. The van der Waals surface area contributed by atoms with Crippen molar-refractivity contribution in [2.24, 2.45) is 7.05 Å². The molecule has 0 spiro atoms. The van der Waals surface area contributed by atoms with E-state index in [0.29, 0.717) is 30.7 Å². The second-order valence-electron chi connectivity index (χ2n) is 10.9. The zero-order valence-corrected chi connectivity index (χ0v) is 22.7. The Labute approximate surface area is 237 Å². The molecule has 6 N–H and O–H groups in total. The second-order valence-corrected chi connectivity index (χ2v) is 10.9. The maximum atomic E-state index is 6.69. The smallest absolute Gasteiger partial charge is 0.202 e. The summed E-state index contributed by atoms with van der Waals surface area (Å²) in [4.78, 5) is 14.2. The molecule has 0 saturated heterocycles. The molecule has 0 amide bonds. The Bertz CT molecular complexity index is 2530. The maximum Gasteiger partial charge on any atom is 0.202 e. The molecule has 9 heterocycles. The molecule has 0 aromatic carbocycles. The molecule has 12 nitrogen and oxygen atoms in total. The standard InChI is InChI=1S/C30H26N12/c1-37-16-22-25(27(37)31)36-24-10-17(5-8-40(22)24)13-38-15-21-26(28(38)32)41-9-6-18(11-23(41)34-21)14-42-29-20(35-30(42)33)12-19-4-2-3-7-39(19)29/h2-12,15-16H,13-14,31-32H2,1H3,(H2,33,35). The van der Waals surface area contributed by atoms with Crippen molar-refractivity contribution in [3.8, 4) is 0 Å². The number of nitrogens with two attached hydrogens (primary N) is 3. The highest BCUT2D eigenvalue weighted by atomic mass is 15.2. The number of aryl methyl sites for hydroxylation is 1. The van der Waals surface area contributed by atoms with Crippen molar-refractivity contribution in [2.75, 3.05) is 17.2 Å². The van der Waals surface area contributed by atoms with Crippen LogP contribution < -0.4 is 17.2 Å². The molecule has 0 aliphatic carbocycles. The summed E-state index contributed by atoms with van der Waals surface area (Å²) in [5.74, 6) is 1.79. The summed E-state index contributed by atoms with van der Waals surface area (Å²) in [7, 11) is 1.92. The first kappa shape index (κ1) is 22.9. The molecule has 0 unspecified atom stereocenters. The van der Waals surface area contributed by atoms with E-state index in [1.54, 1.807) is 0 Å². The number of aromatic nitrogens is 9. The third-order valence-corrected chi connectivity index (χ3v) is 8.31. The molecular formula is C30H26N12. The van der Waals surface area contributed by atoms with Gasteiger partial charge in [-0.1, -0.05) is 6.07 Å². The van der Waals surface area contributed by atoms with E-state index in [1.165, 1.54) is 0 Å². The van der Waals surface area contributed by atoms with Gasteiger partial charge >= 0.3 is 0 Å². The summed E-state index contributed by atoms with van der Waals surface area (Å²) in [6.07, 6.45) is 10.1. The number of pyridine rings is 3. The lowest BCUT2D eigenvalue weighted by molar-refractivity contribution is 0.815. The first-order valence-corrected chi connectivity index (χ1v) is 13.6. The van der Waals surface area contributed by atoms with Crippen LogP contribution >= 0.6 is 0 Å². The van der Waals surface area contributed by atoms with Gasteiger partial charge in [0.15, 0.2) is 0 Å². The molecule has 0 saturated carbocycles. The minimum Gasteiger partial charge on any atom is -0.383 e. The summed E-state index contributed by atoms with van der Waals surface area (Å²) in [6, 6.07) is 16.4. The number of nitrogens with zero attached hydrogens (tertiary/aromatic N) is 9. The van der Waals surface area contributed by atoms with Gasteiger partial charge in [-0.2, -0.15) is 0 Å². The monoisotopic (exact) mass is 554 g/mol. The lowest BCUT2D eigenvalue weighted by atomic mass is 10.2. The van der Waals surface area contributed by atoms with E-state index in [4.69, 9.17) is 27.2 Å². The third-order valence-electron chi connectivity index (χ3n) is 8.31. The number of rotatable bonds is 4. The minimum absolute atomic E-state index is 0.482. The third kappa shape index (κ3) is 3.02. The summed E-state index contributed by atoms with van der Waals surface area (Å²) in [5, 5.41) is 0. The van der Waals surface area contributed by atoms with Gasteiger partial charge in [0.25, 0.3) is 0 Å². The molecule has 0 bridgehead atoms. The summed E-state index contributed by atoms with van der Waals surface area (Å²) in [6.45, 7) is 1.17. The van der Waals surface area contributed by atoms with Crippen molar-refractivity contribution in [2.45, 2.75) is 13.1 Å². The minimum atomic E-state index is 0.482. The Morgan fingerprint density at radius 3 is 2.36 bits per heavy atom. The van der Waals surface area contributed by atoms with Crippen molar-refractivity contribution < 1.29 is 0 Å². The SMILES string of the molecule is Cn1cc2c(nc3cc(Cn4cc5nc6cc(Cn7c(N)nc8cc9ccccn9c87)ccn6c5c4N)ccn32)c1N. The van der Waals surface area contributed by atoms with E-state index in [9.17, 15) is 0 Å². The highest BCUT2D eigenvalue weighted by Gasteiger charge is 2.17. The molecule has 9 aromatic rings. The normalized spacial score (nSPS) is 12.4. The van der Waals surface area contributed by atoms with Crippen molar-refractivity contribution >= 4 is 67.6 Å². The molecule has 206 valence electrons. The molecule has 12 heteroatoms. The van der Waals surface area contributed by atoms with Gasteiger partial charge in [-0.25, -0.2) is 15.0 Å². The van der Waals surface area contributed by atoms with Crippen molar-refractivity contribution in [1.29, 1.82) is 0 Å². The van der Waals surface area contributed by atoms with E-state index in [2.05, 4.69) is 50.2 Å². The van der Waals surface area contributed by atoms with Crippen LogP contribution in [0.4, 0.5) is 17.6 Å². The van der Waals surface area contributed by atoms with Crippen LogP contribution in [0.2, 0.25) is 0 Å². The predicted molar refractivity (Wildman–Crippen MR) is 164 cm³/mol. The van der Waals surface area contributed by atoms with E-state index in [-0.39, 0.29) is 0 Å². The average molecular weight is 555 g/mol. The maximum absolute atomic E-state index is 6.69. The molecule has 0 aliphatic heterocycles. The van der Waals surface area contributed by atoms with Crippen LogP contribution in [-0.4, -0.2) is 41.9 Å². The van der Waals surface area contributed by atoms with Crippen LogP contribution in [0.15, 0.2) is 79.5 Å². The molecule has 42 heavy (non-hydrogen) atoms. The van der Waals surface area contributed by atoms with Crippen LogP contribution in [0.5, 0.6) is 0 Å². The van der Waals surface area contributed by atoms with Crippen molar-refractivity contribution in [1.82, 2.24) is 41.9 Å². The Hall–Kier alpha value is -5.91. The van der Waals surface area contributed by atoms with Crippen molar-refractivity contribution in [3.05, 3.63) is 90.6 Å². The van der Waals surface area contributed by atoms with Gasteiger partial charge in [-0.3, -0.25) is 13.4 Å². The fraction of sp³-hybridized carbons (Fsp3) is 0.100. The molecule has 0 atom stereocenters. The van der Waals surface area contributed by atoms with E-state index in [1.807, 2.05) is 68.3 Å². The Kier molecular flexibility index (Phi) is 4.27. The van der Waals surface area contributed by atoms with Crippen LogP contribution in [0.1, 0.15) is 11.1 Å². The number of hydrogen-bond donors (Lipinski definition) is 3. The molecule has 9 rings (SSSR count). The topological polar surface area (TPSA) is 145 Å². The first-order valence-electron chi connectivity index (χ1n) is 13.6. The highest BCUT2D eigenvalue weighted by Crippen LogP contribution is 2.29. The number of imidazole rings is 3. The second kappa shape index (κ2) is 7.85. The summed E-state index contributed by atoms with van der Waals surface area (Å²) >= 11 is 0. The Morgan fingerprint density at radius 1 is 0.714 bits per heavy atom. The number of fused-ring (bicyclic) bond motifs is 9. The van der Waals surface area contributed by atoms with Crippen LogP contribution in [0, 0.1) is 0 Å². The Morgan fingerprint density at radius 2 is 1.50 bits per heavy atom. The number of hydrogen-bond acceptors (Lipinski definition) is 6. The van der Waals surface area contributed by atoms with Gasteiger partial charge in [0.1, 0.15) is 50.6 Å². The largest absolute Gasteiger partial charge is 0.383 e. The molecule has 9 aromatic heterocycles. The highest BCUT2D eigenvalue weighted by molar-refractivity contribution is 5.91.